The van der Waals surface area contributed by atoms with Crippen molar-refractivity contribution < 1.29 is 0 Å². The van der Waals surface area contributed by atoms with Crippen molar-refractivity contribution in [1.82, 2.24) is 19.9 Å². The van der Waals surface area contributed by atoms with Crippen LogP contribution in [0.3, 0.4) is 0 Å². The van der Waals surface area contributed by atoms with Crippen molar-refractivity contribution >= 4 is 40.1 Å². The van der Waals surface area contributed by atoms with Gasteiger partial charge >= 0.3 is 0 Å². The molecule has 1 N–H and O–H groups in total. The van der Waals surface area contributed by atoms with Crippen molar-refractivity contribution in [3.63, 3.8) is 0 Å². The molecule has 3 heterocycles. The van der Waals surface area contributed by atoms with Gasteiger partial charge in [0.2, 0.25) is 0 Å². The lowest BCUT2D eigenvalue weighted by atomic mass is 9.77. The van der Waals surface area contributed by atoms with Crippen molar-refractivity contribution in [3.05, 3.63) is 46.2 Å². The molecule has 1 aliphatic heterocycles. The molecular formula is C21H22ClN5OS. The van der Waals surface area contributed by atoms with Crippen LogP contribution in [0.15, 0.2) is 45.6 Å². The first-order chi connectivity index (χ1) is 14.1. The Morgan fingerprint density at radius 1 is 1.03 bits per heavy atom. The summed E-state index contributed by atoms with van der Waals surface area (Å²) in [4.78, 5) is 31.2. The van der Waals surface area contributed by atoms with Gasteiger partial charge in [-0.15, -0.1) is 0 Å². The maximum Gasteiger partial charge on any atom is 0.260 e. The van der Waals surface area contributed by atoms with Gasteiger partial charge in [-0.3, -0.25) is 4.79 Å². The summed E-state index contributed by atoms with van der Waals surface area (Å²) in [5.74, 6) is 0.937. The smallest absolute Gasteiger partial charge is 0.260 e. The third-order valence-electron chi connectivity index (χ3n) is 6.35. The highest BCUT2D eigenvalue weighted by Gasteiger charge is 2.37. The number of rotatable bonds is 3. The number of halogens is 1. The average Bonchev–Trinajstić information content (AvgIpc) is 3.19. The van der Waals surface area contributed by atoms with E-state index in [4.69, 9.17) is 11.6 Å². The molecule has 1 saturated carbocycles. The van der Waals surface area contributed by atoms with Crippen LogP contribution in [0.2, 0.25) is 5.02 Å². The van der Waals surface area contributed by atoms with E-state index in [0.717, 1.165) is 28.8 Å². The fourth-order valence-electron chi connectivity index (χ4n) is 4.65. The Balaban J connectivity index is 1.31. The molecule has 0 radical (unpaired) electrons. The molecule has 2 aliphatic rings. The summed E-state index contributed by atoms with van der Waals surface area (Å²) in [6.45, 7) is 2.13. The molecule has 150 valence electrons. The Kier molecular flexibility index (Phi) is 4.95. The van der Waals surface area contributed by atoms with Crippen LogP contribution in [0.1, 0.15) is 38.5 Å². The zero-order valence-electron chi connectivity index (χ0n) is 16.0. The van der Waals surface area contributed by atoms with E-state index in [-0.39, 0.29) is 5.56 Å². The Hall–Kier alpha value is -2.12. The van der Waals surface area contributed by atoms with Gasteiger partial charge in [-0.25, -0.2) is 15.0 Å². The van der Waals surface area contributed by atoms with E-state index < -0.39 is 0 Å². The summed E-state index contributed by atoms with van der Waals surface area (Å²) in [5, 5.41) is 1.54. The van der Waals surface area contributed by atoms with E-state index in [1.165, 1.54) is 56.6 Å². The Morgan fingerprint density at radius 3 is 2.55 bits per heavy atom. The van der Waals surface area contributed by atoms with Crippen LogP contribution < -0.4 is 10.5 Å². The van der Waals surface area contributed by atoms with Gasteiger partial charge in [0.05, 0.1) is 34.6 Å². The van der Waals surface area contributed by atoms with Crippen LogP contribution >= 0.6 is 23.4 Å². The van der Waals surface area contributed by atoms with Gasteiger partial charge in [0, 0.05) is 18.0 Å². The number of fused-ring (bicyclic) bond motifs is 1. The second kappa shape index (κ2) is 7.61. The molecule has 0 atom stereocenters. The third-order valence-corrected chi connectivity index (χ3v) is 7.84. The van der Waals surface area contributed by atoms with Crippen LogP contribution in [0, 0.1) is 5.41 Å². The molecule has 0 unspecified atom stereocenters. The first kappa shape index (κ1) is 18.9. The molecule has 0 amide bonds. The molecule has 1 aliphatic carbocycles. The molecule has 2 fully saturated rings. The predicted molar refractivity (Wildman–Crippen MR) is 116 cm³/mol. The molecule has 5 rings (SSSR count). The van der Waals surface area contributed by atoms with Gasteiger partial charge < -0.3 is 9.88 Å². The van der Waals surface area contributed by atoms with Crippen molar-refractivity contribution in [2.45, 2.75) is 48.4 Å². The first-order valence-corrected chi connectivity index (χ1v) is 11.2. The zero-order valence-corrected chi connectivity index (χ0v) is 17.6. The Morgan fingerprint density at radius 2 is 1.83 bits per heavy atom. The molecule has 3 aromatic rings. The fourth-order valence-corrected chi connectivity index (χ4v) is 5.78. The highest BCUT2D eigenvalue weighted by molar-refractivity contribution is 7.99. The molecule has 29 heavy (non-hydrogen) atoms. The van der Waals surface area contributed by atoms with E-state index in [2.05, 4.69) is 24.8 Å². The molecule has 0 bridgehead atoms. The highest BCUT2D eigenvalue weighted by Crippen LogP contribution is 2.46. The van der Waals surface area contributed by atoms with E-state index >= 15 is 0 Å². The number of nitrogens with zero attached hydrogens (tertiary/aromatic N) is 4. The van der Waals surface area contributed by atoms with E-state index in [1.54, 1.807) is 12.3 Å². The number of aromatic amines is 1. The maximum atomic E-state index is 12.1. The Labute approximate surface area is 178 Å². The number of hydrogen-bond acceptors (Lipinski definition) is 6. The predicted octanol–water partition coefficient (Wildman–Crippen LogP) is 4.68. The minimum Gasteiger partial charge on any atom is -0.355 e. The second-order valence-electron chi connectivity index (χ2n) is 8.01. The van der Waals surface area contributed by atoms with Crippen molar-refractivity contribution in [2.24, 2.45) is 5.41 Å². The third kappa shape index (κ3) is 3.62. The monoisotopic (exact) mass is 427 g/mol. The number of nitrogens with one attached hydrogen (secondary N) is 1. The zero-order chi connectivity index (χ0) is 19.8. The standard InChI is InChI=1S/C21H22ClN5OS/c22-19-15(4-3-14-18(19)20(28)26-13-25-14)29-17-12-23-16(11-24-17)27-9-7-21(8-10-27)5-1-2-6-21/h3-4,11-13H,1-2,5-10H2,(H,25,26,28). The van der Waals surface area contributed by atoms with Crippen LogP contribution in [-0.4, -0.2) is 33.0 Å². The largest absolute Gasteiger partial charge is 0.355 e. The van der Waals surface area contributed by atoms with Gasteiger partial charge in [0.1, 0.15) is 10.8 Å². The van der Waals surface area contributed by atoms with E-state index in [9.17, 15) is 4.79 Å². The molecule has 1 spiro atoms. The van der Waals surface area contributed by atoms with Gasteiger partial charge in [-0.1, -0.05) is 36.2 Å². The number of H-pyrrole nitrogens is 1. The van der Waals surface area contributed by atoms with Gasteiger partial charge in [0.25, 0.3) is 5.56 Å². The van der Waals surface area contributed by atoms with Crippen molar-refractivity contribution in [1.29, 1.82) is 0 Å². The summed E-state index contributed by atoms with van der Waals surface area (Å²) >= 11 is 7.88. The summed E-state index contributed by atoms with van der Waals surface area (Å²) in [7, 11) is 0. The number of benzene rings is 1. The Bertz CT molecular complexity index is 1080. The number of piperidine rings is 1. The van der Waals surface area contributed by atoms with E-state index in [0.29, 0.717) is 21.3 Å². The lowest BCUT2D eigenvalue weighted by Crippen LogP contribution is -2.39. The second-order valence-corrected chi connectivity index (χ2v) is 9.45. The van der Waals surface area contributed by atoms with Gasteiger partial charge in [0.15, 0.2) is 0 Å². The van der Waals surface area contributed by atoms with Crippen LogP contribution in [0.25, 0.3) is 10.9 Å². The number of hydrogen-bond donors (Lipinski definition) is 1. The highest BCUT2D eigenvalue weighted by atomic mass is 35.5. The molecular weight excluding hydrogens is 406 g/mol. The maximum absolute atomic E-state index is 12.1. The average molecular weight is 428 g/mol. The minimum atomic E-state index is -0.242. The summed E-state index contributed by atoms with van der Waals surface area (Å²) < 4.78 is 0. The topological polar surface area (TPSA) is 74.8 Å². The molecule has 6 nitrogen and oxygen atoms in total. The number of anilines is 1. The molecule has 1 saturated heterocycles. The van der Waals surface area contributed by atoms with Gasteiger partial charge in [-0.2, -0.15) is 0 Å². The summed E-state index contributed by atoms with van der Waals surface area (Å²) in [5.41, 5.74) is 0.933. The van der Waals surface area contributed by atoms with Gasteiger partial charge in [-0.05, 0) is 43.2 Å². The summed E-state index contributed by atoms with van der Waals surface area (Å²) in [6.07, 6.45) is 13.1. The van der Waals surface area contributed by atoms with Crippen LogP contribution in [0.5, 0.6) is 0 Å². The first-order valence-electron chi connectivity index (χ1n) is 10.0. The normalized spacial score (nSPS) is 18.6. The van der Waals surface area contributed by atoms with Crippen molar-refractivity contribution in [2.75, 3.05) is 18.0 Å². The molecule has 1 aromatic carbocycles. The van der Waals surface area contributed by atoms with Crippen LogP contribution in [-0.2, 0) is 0 Å². The lowest BCUT2D eigenvalue weighted by Gasteiger charge is -2.39. The minimum absolute atomic E-state index is 0.242. The quantitative estimate of drug-likeness (QED) is 0.654. The molecule has 8 heteroatoms. The van der Waals surface area contributed by atoms with Crippen molar-refractivity contribution in [3.8, 4) is 0 Å². The fraction of sp³-hybridized carbons (Fsp3) is 0.429. The lowest BCUT2D eigenvalue weighted by molar-refractivity contribution is 0.226. The molecule has 2 aromatic heterocycles. The summed E-state index contributed by atoms with van der Waals surface area (Å²) in [6, 6.07) is 3.66. The SMILES string of the molecule is O=c1[nH]cnc2ccc(Sc3cnc(N4CCC5(CCCC5)CC4)cn3)c(Cl)c12. The number of aromatic nitrogens is 4. The van der Waals surface area contributed by atoms with E-state index in [1.807, 2.05) is 12.3 Å². The van der Waals surface area contributed by atoms with Crippen LogP contribution in [0.4, 0.5) is 5.82 Å².